The lowest BCUT2D eigenvalue weighted by Crippen LogP contribution is -2.39. The van der Waals surface area contributed by atoms with E-state index in [0.717, 1.165) is 0 Å². The van der Waals surface area contributed by atoms with E-state index in [4.69, 9.17) is 14.2 Å². The molecule has 1 atom stereocenters. The van der Waals surface area contributed by atoms with E-state index in [1.165, 1.54) is 19.1 Å². The smallest absolute Gasteiger partial charge is 0.323 e. The standard InChI is InChI=1S/C21H25NO6/c1-4-28-20(16-8-6-5-7-9-16)21(25)22(14-19(23)24)13-15-10-17(26-2)12-18(11-15)27-3/h5-12,20H,4,13-14H2,1-3H3,(H,23,24). The molecule has 0 spiro atoms. The van der Waals surface area contributed by atoms with Crippen molar-refractivity contribution in [3.63, 3.8) is 0 Å². The summed E-state index contributed by atoms with van der Waals surface area (Å²) in [4.78, 5) is 25.8. The van der Waals surface area contributed by atoms with Crippen molar-refractivity contribution in [2.75, 3.05) is 27.4 Å². The lowest BCUT2D eigenvalue weighted by Gasteiger charge is -2.26. The van der Waals surface area contributed by atoms with E-state index < -0.39 is 24.5 Å². The van der Waals surface area contributed by atoms with Gasteiger partial charge in [0.15, 0.2) is 6.10 Å². The molecule has 150 valence electrons. The lowest BCUT2D eigenvalue weighted by molar-refractivity contribution is -0.151. The Morgan fingerprint density at radius 1 is 1.04 bits per heavy atom. The van der Waals surface area contributed by atoms with Gasteiger partial charge in [0, 0.05) is 19.2 Å². The average Bonchev–Trinajstić information content (AvgIpc) is 2.71. The Kier molecular flexibility index (Phi) is 7.83. The van der Waals surface area contributed by atoms with Crippen LogP contribution in [-0.2, 0) is 20.9 Å². The first-order valence-electron chi connectivity index (χ1n) is 8.87. The number of hydrogen-bond acceptors (Lipinski definition) is 5. The quantitative estimate of drug-likeness (QED) is 0.675. The van der Waals surface area contributed by atoms with Gasteiger partial charge < -0.3 is 24.2 Å². The number of rotatable bonds is 10. The normalized spacial score (nSPS) is 11.5. The van der Waals surface area contributed by atoms with Crippen LogP contribution >= 0.6 is 0 Å². The van der Waals surface area contributed by atoms with Crippen LogP contribution in [-0.4, -0.2) is 49.3 Å². The highest BCUT2D eigenvalue weighted by molar-refractivity contribution is 5.85. The Bertz CT molecular complexity index is 770. The minimum absolute atomic E-state index is 0.0785. The minimum Gasteiger partial charge on any atom is -0.497 e. The summed E-state index contributed by atoms with van der Waals surface area (Å²) in [6.07, 6.45) is -0.877. The molecular formula is C21H25NO6. The number of carbonyl (C=O) groups is 2. The second kappa shape index (κ2) is 10.3. The van der Waals surface area contributed by atoms with Gasteiger partial charge in [-0.1, -0.05) is 30.3 Å². The number of nitrogens with zero attached hydrogens (tertiary/aromatic N) is 1. The van der Waals surface area contributed by atoms with Gasteiger partial charge >= 0.3 is 5.97 Å². The van der Waals surface area contributed by atoms with Crippen LogP contribution in [0.15, 0.2) is 48.5 Å². The van der Waals surface area contributed by atoms with E-state index in [-0.39, 0.29) is 6.54 Å². The molecule has 2 rings (SSSR count). The number of carboxylic acids is 1. The SMILES string of the molecule is CCOC(C(=O)N(CC(=O)O)Cc1cc(OC)cc(OC)c1)c1ccccc1. The molecule has 0 aliphatic heterocycles. The van der Waals surface area contributed by atoms with E-state index in [2.05, 4.69) is 0 Å². The van der Waals surface area contributed by atoms with Gasteiger partial charge in [0.2, 0.25) is 0 Å². The molecule has 0 aromatic heterocycles. The molecular weight excluding hydrogens is 362 g/mol. The van der Waals surface area contributed by atoms with Crippen LogP contribution in [0.1, 0.15) is 24.2 Å². The highest BCUT2D eigenvalue weighted by Crippen LogP contribution is 2.25. The molecule has 0 aliphatic rings. The van der Waals surface area contributed by atoms with Crippen molar-refractivity contribution in [1.29, 1.82) is 0 Å². The summed E-state index contributed by atoms with van der Waals surface area (Å²) in [5.74, 6) is -0.410. The monoisotopic (exact) mass is 387 g/mol. The molecule has 0 saturated heterocycles. The summed E-state index contributed by atoms with van der Waals surface area (Å²) in [5, 5.41) is 9.31. The molecule has 0 fully saturated rings. The zero-order chi connectivity index (χ0) is 20.5. The van der Waals surface area contributed by atoms with E-state index in [9.17, 15) is 14.7 Å². The summed E-state index contributed by atoms with van der Waals surface area (Å²) in [7, 11) is 3.05. The number of carboxylic acid groups (broad SMARTS) is 1. The predicted octanol–water partition coefficient (Wildman–Crippen LogP) is 2.89. The van der Waals surface area contributed by atoms with E-state index in [1.54, 1.807) is 37.3 Å². The third kappa shape index (κ3) is 5.72. The topological polar surface area (TPSA) is 85.3 Å². The van der Waals surface area contributed by atoms with Gasteiger partial charge in [0.05, 0.1) is 14.2 Å². The maximum atomic E-state index is 13.2. The fourth-order valence-electron chi connectivity index (χ4n) is 2.82. The van der Waals surface area contributed by atoms with Crippen molar-refractivity contribution in [3.05, 3.63) is 59.7 Å². The van der Waals surface area contributed by atoms with Crippen LogP contribution in [0.5, 0.6) is 11.5 Å². The van der Waals surface area contributed by atoms with Crippen molar-refractivity contribution in [3.8, 4) is 11.5 Å². The Labute approximate surface area is 164 Å². The van der Waals surface area contributed by atoms with E-state index in [1.807, 2.05) is 18.2 Å². The van der Waals surface area contributed by atoms with Gasteiger partial charge in [-0.3, -0.25) is 9.59 Å². The third-order valence-electron chi connectivity index (χ3n) is 4.08. The Morgan fingerprint density at radius 3 is 2.14 bits per heavy atom. The first kappa shape index (κ1) is 21.2. The molecule has 28 heavy (non-hydrogen) atoms. The maximum absolute atomic E-state index is 13.2. The molecule has 1 unspecified atom stereocenters. The van der Waals surface area contributed by atoms with Gasteiger partial charge in [-0.05, 0) is 30.2 Å². The van der Waals surface area contributed by atoms with Crippen molar-refractivity contribution in [2.24, 2.45) is 0 Å². The summed E-state index contributed by atoms with van der Waals surface area (Å²) in [6.45, 7) is 1.74. The van der Waals surface area contributed by atoms with E-state index >= 15 is 0 Å². The summed E-state index contributed by atoms with van der Waals surface area (Å²) < 4.78 is 16.1. The Hall–Kier alpha value is -3.06. The molecule has 0 heterocycles. The van der Waals surface area contributed by atoms with Gasteiger partial charge in [0.25, 0.3) is 5.91 Å². The molecule has 7 heteroatoms. The molecule has 7 nitrogen and oxygen atoms in total. The van der Waals surface area contributed by atoms with Crippen molar-refractivity contribution in [2.45, 2.75) is 19.6 Å². The van der Waals surface area contributed by atoms with Crippen LogP contribution in [0.25, 0.3) is 0 Å². The number of ether oxygens (including phenoxy) is 3. The number of benzene rings is 2. The molecule has 1 N–H and O–H groups in total. The fraction of sp³-hybridized carbons (Fsp3) is 0.333. The summed E-state index contributed by atoms with van der Waals surface area (Å²) in [6, 6.07) is 14.2. The second-order valence-electron chi connectivity index (χ2n) is 6.06. The second-order valence-corrected chi connectivity index (χ2v) is 6.06. The number of aliphatic carboxylic acids is 1. The number of hydrogen-bond donors (Lipinski definition) is 1. The summed E-state index contributed by atoms with van der Waals surface area (Å²) in [5.41, 5.74) is 1.36. The zero-order valence-electron chi connectivity index (χ0n) is 16.3. The number of carbonyl (C=O) groups excluding carboxylic acids is 1. The molecule has 0 radical (unpaired) electrons. The predicted molar refractivity (Wildman–Crippen MR) is 103 cm³/mol. The van der Waals surface area contributed by atoms with Gasteiger partial charge in [-0.15, -0.1) is 0 Å². The van der Waals surface area contributed by atoms with Gasteiger partial charge in [-0.25, -0.2) is 0 Å². The van der Waals surface area contributed by atoms with Crippen molar-refractivity contribution in [1.82, 2.24) is 4.90 Å². The molecule has 0 saturated carbocycles. The zero-order valence-corrected chi connectivity index (χ0v) is 16.3. The van der Waals surface area contributed by atoms with Crippen LogP contribution in [0.3, 0.4) is 0 Å². The summed E-state index contributed by atoms with van der Waals surface area (Å²) >= 11 is 0. The first-order chi connectivity index (χ1) is 13.5. The molecule has 0 aliphatic carbocycles. The third-order valence-corrected chi connectivity index (χ3v) is 4.08. The van der Waals surface area contributed by atoms with Gasteiger partial charge in [0.1, 0.15) is 18.0 Å². The van der Waals surface area contributed by atoms with Crippen LogP contribution in [0, 0.1) is 0 Å². The first-order valence-corrected chi connectivity index (χ1v) is 8.87. The highest BCUT2D eigenvalue weighted by Gasteiger charge is 2.28. The van der Waals surface area contributed by atoms with Crippen molar-refractivity contribution >= 4 is 11.9 Å². The van der Waals surface area contributed by atoms with Crippen LogP contribution < -0.4 is 9.47 Å². The number of amides is 1. The van der Waals surface area contributed by atoms with Crippen LogP contribution in [0.4, 0.5) is 0 Å². The minimum atomic E-state index is -1.11. The van der Waals surface area contributed by atoms with Crippen LogP contribution in [0.2, 0.25) is 0 Å². The lowest BCUT2D eigenvalue weighted by atomic mass is 10.1. The highest BCUT2D eigenvalue weighted by atomic mass is 16.5. The molecule has 0 bridgehead atoms. The largest absolute Gasteiger partial charge is 0.497 e. The van der Waals surface area contributed by atoms with E-state index in [0.29, 0.717) is 29.2 Å². The Morgan fingerprint density at radius 2 is 1.64 bits per heavy atom. The fourth-order valence-corrected chi connectivity index (χ4v) is 2.82. The molecule has 2 aromatic carbocycles. The van der Waals surface area contributed by atoms with Crippen molar-refractivity contribution < 1.29 is 28.9 Å². The molecule has 1 amide bonds. The average molecular weight is 387 g/mol. The molecule has 2 aromatic rings. The maximum Gasteiger partial charge on any atom is 0.323 e. The number of methoxy groups -OCH3 is 2. The van der Waals surface area contributed by atoms with Gasteiger partial charge in [-0.2, -0.15) is 0 Å². The Balaban J connectivity index is 2.34.